The molecule has 0 aromatic heterocycles. The molecule has 1 saturated heterocycles. The van der Waals surface area contributed by atoms with E-state index >= 15 is 0 Å². The predicted octanol–water partition coefficient (Wildman–Crippen LogP) is 3.32. The molecule has 300 valence electrons. The molecule has 2 rings (SSSR count). The number of likely N-dealkylation sites (tertiary alicyclic amines) is 1. The number of benzene rings is 1. The van der Waals surface area contributed by atoms with Crippen molar-refractivity contribution in [2.24, 2.45) is 29.4 Å². The molecule has 4 amide bonds. The topological polar surface area (TPSA) is 170 Å². The van der Waals surface area contributed by atoms with Crippen LogP contribution in [0, 0.1) is 23.7 Å². The van der Waals surface area contributed by atoms with Crippen LogP contribution in [0.5, 0.6) is 0 Å². The zero-order valence-corrected chi connectivity index (χ0v) is 34.1. The monoisotopic (exact) mass is 745 g/mol. The molecule has 1 fully saturated rings. The van der Waals surface area contributed by atoms with Gasteiger partial charge in [-0.2, -0.15) is 0 Å². The van der Waals surface area contributed by atoms with Gasteiger partial charge < -0.3 is 40.4 Å². The summed E-state index contributed by atoms with van der Waals surface area (Å²) in [5.41, 5.74) is 6.04. The summed E-state index contributed by atoms with van der Waals surface area (Å²) in [6.45, 7) is 15.4. The van der Waals surface area contributed by atoms with Crippen LogP contribution in [0.4, 0.5) is 0 Å². The maximum atomic E-state index is 14.2. The molecule has 0 radical (unpaired) electrons. The van der Waals surface area contributed by atoms with E-state index in [-0.39, 0.29) is 48.3 Å². The maximum Gasteiger partial charge on any atom is 0.328 e. The van der Waals surface area contributed by atoms with Gasteiger partial charge in [-0.1, -0.05) is 85.2 Å². The molecule has 9 atom stereocenters. The highest BCUT2D eigenvalue weighted by molar-refractivity contribution is 5.92. The Morgan fingerprint density at radius 3 is 2.11 bits per heavy atom. The van der Waals surface area contributed by atoms with Crippen LogP contribution in [0.15, 0.2) is 30.3 Å². The van der Waals surface area contributed by atoms with Crippen molar-refractivity contribution in [1.29, 1.82) is 0 Å². The number of nitrogens with zero attached hydrogens (tertiary/aromatic N) is 2. The van der Waals surface area contributed by atoms with Crippen LogP contribution in [0.2, 0.25) is 0 Å². The minimum atomic E-state index is -1.17. The first-order valence-electron chi connectivity index (χ1n) is 19.0. The van der Waals surface area contributed by atoms with Crippen LogP contribution in [0.3, 0.4) is 0 Å². The molecule has 13 nitrogen and oxygen atoms in total. The van der Waals surface area contributed by atoms with E-state index in [1.54, 1.807) is 30.7 Å². The lowest BCUT2D eigenvalue weighted by Gasteiger charge is -2.41. The quantitative estimate of drug-likeness (QED) is 0.170. The van der Waals surface area contributed by atoms with E-state index in [1.807, 2.05) is 71.9 Å². The van der Waals surface area contributed by atoms with Crippen molar-refractivity contribution in [1.82, 2.24) is 20.4 Å². The predicted molar refractivity (Wildman–Crippen MR) is 204 cm³/mol. The Labute approximate surface area is 317 Å². The third-order valence-corrected chi connectivity index (χ3v) is 11.3. The number of carbonyl (C=O) groups is 5. The lowest BCUT2D eigenvalue weighted by atomic mass is 9.87. The number of carbonyl (C=O) groups excluding carboxylic acids is 5. The van der Waals surface area contributed by atoms with Crippen molar-refractivity contribution in [2.75, 3.05) is 34.9 Å². The van der Waals surface area contributed by atoms with Crippen LogP contribution in [0.25, 0.3) is 0 Å². The molecular formula is C40H67N5O8. The Hall–Kier alpha value is -3.55. The van der Waals surface area contributed by atoms with E-state index in [0.717, 1.165) is 12.0 Å². The average Bonchev–Trinajstić information content (AvgIpc) is 3.62. The molecule has 53 heavy (non-hydrogen) atoms. The zero-order valence-electron chi connectivity index (χ0n) is 34.1. The second-order valence-corrected chi connectivity index (χ2v) is 15.5. The highest BCUT2D eigenvalue weighted by Gasteiger charge is 2.44. The molecule has 1 aliphatic heterocycles. The first-order chi connectivity index (χ1) is 24.9. The highest BCUT2D eigenvalue weighted by atomic mass is 16.5. The number of hydrogen-bond donors (Lipinski definition) is 3. The number of nitrogens with two attached hydrogens (primary N) is 1. The molecule has 0 bridgehead atoms. The average molecular weight is 746 g/mol. The summed E-state index contributed by atoms with van der Waals surface area (Å²) >= 11 is 0. The molecule has 1 aromatic carbocycles. The van der Waals surface area contributed by atoms with Gasteiger partial charge in [-0.05, 0) is 43.1 Å². The van der Waals surface area contributed by atoms with Crippen LogP contribution in [-0.2, 0) is 44.6 Å². The normalized spacial score (nSPS) is 19.7. The largest absolute Gasteiger partial charge is 0.467 e. The number of nitrogens with one attached hydrogen (secondary N) is 2. The Morgan fingerprint density at radius 1 is 0.981 bits per heavy atom. The van der Waals surface area contributed by atoms with Gasteiger partial charge in [0.15, 0.2) is 0 Å². The number of amides is 4. The molecule has 7 unspecified atom stereocenters. The Morgan fingerprint density at radius 2 is 1.60 bits per heavy atom. The SMILES string of the molecule is CCC(C)C(C(CC(=O)N1CCCC1C(OC)C(C)C(=O)N[C@@H](Cc1ccccc1)C(=O)OC)OC)N(C)C(=O)[C@H](NC(=O)C(C)(N)C(C)C)C(C)C. The second kappa shape index (κ2) is 20.8. The van der Waals surface area contributed by atoms with Gasteiger partial charge in [-0.3, -0.25) is 19.2 Å². The standard InChI is InChI=1S/C40H67N5O8/c1-13-26(6)34(44(9)37(48)33(24(2)3)43-39(50)40(8,41)25(4)5)31(51-10)23-32(46)45-21-17-20-30(45)35(52-11)27(7)36(47)42-29(38(49)53-12)22-28-18-15-14-16-19-28/h14-16,18-19,24-27,29-31,33-35H,13,17,20-23,41H2,1-12H3,(H,42,47)(H,43,50)/t26?,27?,29-,30?,31?,33+,34?,35?,40?/m0/s1. The van der Waals surface area contributed by atoms with Gasteiger partial charge in [0.2, 0.25) is 23.6 Å². The number of rotatable bonds is 20. The summed E-state index contributed by atoms with van der Waals surface area (Å²) in [7, 11) is 6.04. The third-order valence-electron chi connectivity index (χ3n) is 11.3. The fourth-order valence-corrected chi connectivity index (χ4v) is 7.09. The number of hydrogen-bond acceptors (Lipinski definition) is 9. The number of likely N-dealkylation sites (N-methyl/N-ethyl adjacent to an activating group) is 1. The van der Waals surface area contributed by atoms with E-state index in [1.165, 1.54) is 21.3 Å². The molecule has 1 heterocycles. The Balaban J connectivity index is 2.28. The molecule has 13 heteroatoms. The molecule has 1 aliphatic rings. The van der Waals surface area contributed by atoms with Gasteiger partial charge in [0.25, 0.3) is 0 Å². The van der Waals surface area contributed by atoms with Gasteiger partial charge in [0.05, 0.1) is 49.3 Å². The first kappa shape index (κ1) is 45.6. The Kier molecular flexibility index (Phi) is 17.9. The van der Waals surface area contributed by atoms with Crippen LogP contribution in [0.1, 0.15) is 86.6 Å². The molecule has 1 aromatic rings. The number of esters is 1. The highest BCUT2D eigenvalue weighted by Crippen LogP contribution is 2.30. The van der Waals surface area contributed by atoms with Gasteiger partial charge in [-0.15, -0.1) is 0 Å². The smallest absolute Gasteiger partial charge is 0.328 e. The molecule has 0 aliphatic carbocycles. The minimum absolute atomic E-state index is 0.00888. The van der Waals surface area contributed by atoms with Crippen molar-refractivity contribution in [3.05, 3.63) is 35.9 Å². The summed E-state index contributed by atoms with van der Waals surface area (Å²) < 4.78 is 16.9. The molecule has 4 N–H and O–H groups in total. The van der Waals surface area contributed by atoms with E-state index in [9.17, 15) is 24.0 Å². The number of methoxy groups -OCH3 is 3. The van der Waals surface area contributed by atoms with Crippen LogP contribution < -0.4 is 16.4 Å². The zero-order chi connectivity index (χ0) is 40.2. The van der Waals surface area contributed by atoms with Gasteiger partial charge in [0, 0.05) is 34.2 Å². The number of ether oxygens (including phenoxy) is 3. The van der Waals surface area contributed by atoms with Gasteiger partial charge in [0.1, 0.15) is 12.1 Å². The second-order valence-electron chi connectivity index (χ2n) is 15.5. The summed E-state index contributed by atoms with van der Waals surface area (Å²) in [5.74, 6) is -2.94. The summed E-state index contributed by atoms with van der Waals surface area (Å²) in [6, 6.07) is 6.75. The van der Waals surface area contributed by atoms with Crippen molar-refractivity contribution in [3.63, 3.8) is 0 Å². The van der Waals surface area contributed by atoms with E-state index in [2.05, 4.69) is 10.6 Å². The molecular weight excluding hydrogens is 678 g/mol. The van der Waals surface area contributed by atoms with Gasteiger partial charge >= 0.3 is 5.97 Å². The van der Waals surface area contributed by atoms with Crippen LogP contribution >= 0.6 is 0 Å². The van der Waals surface area contributed by atoms with E-state index in [0.29, 0.717) is 19.4 Å². The van der Waals surface area contributed by atoms with Crippen LogP contribution in [-0.4, -0.2) is 116 Å². The van der Waals surface area contributed by atoms with Gasteiger partial charge in [-0.25, -0.2) is 4.79 Å². The molecule has 0 saturated carbocycles. The minimum Gasteiger partial charge on any atom is -0.467 e. The summed E-state index contributed by atoms with van der Waals surface area (Å²) in [5, 5.41) is 5.76. The van der Waals surface area contributed by atoms with E-state index < -0.39 is 59.7 Å². The fourth-order valence-electron chi connectivity index (χ4n) is 7.09. The van der Waals surface area contributed by atoms with Crippen molar-refractivity contribution in [2.45, 2.75) is 129 Å². The fraction of sp³-hybridized carbons (Fsp3) is 0.725. The third kappa shape index (κ3) is 11.7. The first-order valence-corrected chi connectivity index (χ1v) is 19.0. The molecule has 0 spiro atoms. The van der Waals surface area contributed by atoms with Crippen molar-refractivity contribution < 1.29 is 38.2 Å². The Bertz CT molecular complexity index is 1360. The van der Waals surface area contributed by atoms with Crippen molar-refractivity contribution >= 4 is 29.6 Å². The summed E-state index contributed by atoms with van der Waals surface area (Å²) in [6.07, 6.45) is 1.01. The maximum absolute atomic E-state index is 14.2. The van der Waals surface area contributed by atoms with E-state index in [4.69, 9.17) is 19.9 Å². The lowest BCUT2D eigenvalue weighted by molar-refractivity contribution is -0.149. The summed E-state index contributed by atoms with van der Waals surface area (Å²) in [4.78, 5) is 71.2. The lowest BCUT2D eigenvalue weighted by Crippen LogP contribution is -2.62. The van der Waals surface area contributed by atoms with Crippen molar-refractivity contribution in [3.8, 4) is 0 Å².